The normalized spacial score (nSPS) is 12.0. The summed E-state index contributed by atoms with van der Waals surface area (Å²) in [7, 11) is -2.73. The van der Waals surface area contributed by atoms with Crippen LogP contribution < -0.4 is 14.8 Å². The molecule has 1 atom stereocenters. The fourth-order valence-corrected chi connectivity index (χ4v) is 5.43. The number of hydrogen-bond acceptors (Lipinski definition) is 4. The Balaban J connectivity index is 1.60. The van der Waals surface area contributed by atoms with E-state index in [4.69, 9.17) is 4.74 Å². The molecule has 0 unspecified atom stereocenters. The van der Waals surface area contributed by atoms with E-state index in [1.165, 1.54) is 67.8 Å². The van der Waals surface area contributed by atoms with Crippen molar-refractivity contribution in [3.05, 3.63) is 119 Å². The fourth-order valence-electron chi connectivity index (χ4n) is 4.03. The van der Waals surface area contributed by atoms with Crippen molar-refractivity contribution in [2.75, 3.05) is 17.1 Å². The Hall–Kier alpha value is -4.24. The van der Waals surface area contributed by atoms with E-state index < -0.39 is 27.9 Å². The monoisotopic (exact) mass is 536 g/mol. The molecule has 1 amide bonds. The van der Waals surface area contributed by atoms with Crippen LogP contribution in [-0.2, 0) is 10.0 Å². The molecule has 0 bridgehead atoms. The molecule has 4 aromatic carbocycles. The molecule has 0 aliphatic rings. The van der Waals surface area contributed by atoms with Crippen LogP contribution in [0.4, 0.5) is 20.2 Å². The SMILES string of the molecule is COc1ccc(NC(=O)c2cccc([C@H](F)c3cccc(F)c3)c2)cc1S(=O)(=O)Nc1c(C)cccc1C. The van der Waals surface area contributed by atoms with Gasteiger partial charge in [0.2, 0.25) is 0 Å². The first-order valence-electron chi connectivity index (χ1n) is 11.7. The summed E-state index contributed by atoms with van der Waals surface area (Å²) in [5.41, 5.74) is 2.62. The number of para-hydroxylation sites is 1. The number of carbonyl (C=O) groups excluding carboxylic acids is 1. The number of anilines is 2. The standard InChI is InChI=1S/C29H26F2N2O4S/c1-18-7-4-8-19(2)28(18)33-38(35,36)26-17-24(13-14-25(26)37-3)32-29(34)22-11-5-9-20(15-22)27(31)21-10-6-12-23(30)16-21/h4-17,27,33H,1-3H3,(H,32,34)/t27-/m0/s1. The summed E-state index contributed by atoms with van der Waals surface area (Å²) < 4.78 is 63.0. The van der Waals surface area contributed by atoms with Gasteiger partial charge >= 0.3 is 0 Å². The number of rotatable bonds is 8. The van der Waals surface area contributed by atoms with Gasteiger partial charge in [-0.3, -0.25) is 9.52 Å². The van der Waals surface area contributed by atoms with Crippen LogP contribution in [0, 0.1) is 19.7 Å². The van der Waals surface area contributed by atoms with Gasteiger partial charge in [0.15, 0.2) is 6.17 Å². The molecular formula is C29H26F2N2O4S. The minimum atomic E-state index is -4.08. The van der Waals surface area contributed by atoms with Crippen LogP contribution >= 0.6 is 0 Å². The summed E-state index contributed by atoms with van der Waals surface area (Å²) in [6, 6.07) is 20.8. The zero-order valence-electron chi connectivity index (χ0n) is 21.0. The average Bonchev–Trinajstić information content (AvgIpc) is 2.90. The molecule has 0 aliphatic heterocycles. The lowest BCUT2D eigenvalue weighted by molar-refractivity contribution is 0.102. The van der Waals surface area contributed by atoms with Crippen molar-refractivity contribution in [3.8, 4) is 5.75 Å². The molecular weight excluding hydrogens is 510 g/mol. The van der Waals surface area contributed by atoms with Crippen LogP contribution in [0.3, 0.4) is 0 Å². The van der Waals surface area contributed by atoms with Crippen molar-refractivity contribution in [2.45, 2.75) is 24.9 Å². The number of ether oxygens (including phenoxy) is 1. The van der Waals surface area contributed by atoms with Gasteiger partial charge in [0.25, 0.3) is 15.9 Å². The molecule has 9 heteroatoms. The zero-order valence-corrected chi connectivity index (χ0v) is 21.8. The predicted octanol–water partition coefficient (Wildman–Crippen LogP) is 6.56. The van der Waals surface area contributed by atoms with Gasteiger partial charge in [-0.25, -0.2) is 17.2 Å². The van der Waals surface area contributed by atoms with Crippen molar-refractivity contribution < 1.29 is 26.7 Å². The van der Waals surface area contributed by atoms with Crippen molar-refractivity contribution >= 4 is 27.3 Å². The Morgan fingerprint density at radius 3 is 2.16 bits per heavy atom. The van der Waals surface area contributed by atoms with Crippen LogP contribution in [0.15, 0.2) is 89.8 Å². The average molecular weight is 537 g/mol. The summed E-state index contributed by atoms with van der Waals surface area (Å²) in [5.74, 6) is -1.04. The molecule has 0 aromatic heterocycles. The van der Waals surface area contributed by atoms with E-state index in [9.17, 15) is 17.6 Å². The van der Waals surface area contributed by atoms with Crippen molar-refractivity contribution in [3.63, 3.8) is 0 Å². The van der Waals surface area contributed by atoms with Crippen LogP contribution in [0.5, 0.6) is 5.75 Å². The Kier molecular flexibility index (Phi) is 7.78. The van der Waals surface area contributed by atoms with Crippen molar-refractivity contribution in [2.24, 2.45) is 0 Å². The molecule has 4 rings (SSSR count). The first kappa shape index (κ1) is 26.8. The summed E-state index contributed by atoms with van der Waals surface area (Å²) in [6.07, 6.45) is -1.63. The van der Waals surface area contributed by atoms with E-state index in [-0.39, 0.29) is 33.0 Å². The minimum Gasteiger partial charge on any atom is -0.495 e. The highest BCUT2D eigenvalue weighted by atomic mass is 32.2. The Morgan fingerprint density at radius 1 is 0.868 bits per heavy atom. The van der Waals surface area contributed by atoms with Gasteiger partial charge in [0.1, 0.15) is 16.5 Å². The van der Waals surface area contributed by atoms with E-state index in [1.807, 2.05) is 6.07 Å². The van der Waals surface area contributed by atoms with Gasteiger partial charge in [0.05, 0.1) is 12.8 Å². The van der Waals surface area contributed by atoms with Crippen LogP contribution in [-0.4, -0.2) is 21.4 Å². The summed E-state index contributed by atoms with van der Waals surface area (Å²) in [4.78, 5) is 12.8. The second kappa shape index (κ2) is 11.0. The van der Waals surface area contributed by atoms with Gasteiger partial charge in [-0.2, -0.15) is 0 Å². The molecule has 0 saturated heterocycles. The van der Waals surface area contributed by atoms with Crippen molar-refractivity contribution in [1.82, 2.24) is 0 Å². The predicted molar refractivity (Wildman–Crippen MR) is 143 cm³/mol. The third kappa shape index (κ3) is 5.84. The molecule has 0 aliphatic carbocycles. The maximum absolute atomic E-state index is 15.0. The third-order valence-electron chi connectivity index (χ3n) is 6.01. The van der Waals surface area contributed by atoms with Gasteiger partial charge < -0.3 is 10.1 Å². The summed E-state index contributed by atoms with van der Waals surface area (Å²) >= 11 is 0. The van der Waals surface area contributed by atoms with E-state index in [0.717, 1.165) is 17.2 Å². The maximum Gasteiger partial charge on any atom is 0.265 e. The van der Waals surface area contributed by atoms with E-state index in [2.05, 4.69) is 10.0 Å². The Labute approximate surface area is 220 Å². The summed E-state index contributed by atoms with van der Waals surface area (Å²) in [6.45, 7) is 3.59. The molecule has 0 radical (unpaired) electrons. The van der Waals surface area contributed by atoms with Crippen LogP contribution in [0.1, 0.15) is 38.8 Å². The highest BCUT2D eigenvalue weighted by Crippen LogP contribution is 2.31. The van der Waals surface area contributed by atoms with Gasteiger partial charge in [-0.05, 0) is 78.6 Å². The number of alkyl halides is 1. The minimum absolute atomic E-state index is 0.0964. The molecule has 38 heavy (non-hydrogen) atoms. The topological polar surface area (TPSA) is 84.5 Å². The lowest BCUT2D eigenvalue weighted by atomic mass is 10.0. The first-order chi connectivity index (χ1) is 18.1. The number of hydrogen-bond donors (Lipinski definition) is 2. The van der Waals surface area contributed by atoms with Gasteiger partial charge in [-0.15, -0.1) is 0 Å². The number of sulfonamides is 1. The van der Waals surface area contributed by atoms with Crippen molar-refractivity contribution in [1.29, 1.82) is 0 Å². The lowest BCUT2D eigenvalue weighted by Crippen LogP contribution is -2.17. The molecule has 0 fully saturated rings. The second-order valence-electron chi connectivity index (χ2n) is 8.74. The molecule has 0 heterocycles. The number of nitrogens with one attached hydrogen (secondary N) is 2. The molecule has 0 spiro atoms. The number of aryl methyl sites for hydroxylation is 2. The number of carbonyl (C=O) groups is 1. The largest absolute Gasteiger partial charge is 0.495 e. The highest BCUT2D eigenvalue weighted by molar-refractivity contribution is 7.92. The van der Waals surface area contributed by atoms with Gasteiger partial charge in [0, 0.05) is 11.3 Å². The smallest absolute Gasteiger partial charge is 0.265 e. The number of halogens is 2. The Bertz CT molecular complexity index is 1590. The molecule has 0 saturated carbocycles. The lowest BCUT2D eigenvalue weighted by Gasteiger charge is -2.16. The third-order valence-corrected chi connectivity index (χ3v) is 7.38. The summed E-state index contributed by atoms with van der Waals surface area (Å²) in [5, 5.41) is 2.65. The molecule has 2 N–H and O–H groups in total. The van der Waals surface area contributed by atoms with Gasteiger partial charge in [-0.1, -0.05) is 42.5 Å². The number of amides is 1. The van der Waals surface area contributed by atoms with E-state index >= 15 is 4.39 Å². The van der Waals surface area contributed by atoms with Crippen LogP contribution in [0.25, 0.3) is 0 Å². The second-order valence-corrected chi connectivity index (χ2v) is 10.4. The number of methoxy groups -OCH3 is 1. The molecule has 6 nitrogen and oxygen atoms in total. The first-order valence-corrected chi connectivity index (χ1v) is 13.2. The van der Waals surface area contributed by atoms with Crippen LogP contribution in [0.2, 0.25) is 0 Å². The zero-order chi connectivity index (χ0) is 27.4. The molecule has 196 valence electrons. The number of benzene rings is 4. The van der Waals surface area contributed by atoms with E-state index in [1.54, 1.807) is 26.0 Å². The highest BCUT2D eigenvalue weighted by Gasteiger charge is 2.23. The maximum atomic E-state index is 15.0. The Morgan fingerprint density at radius 2 is 1.50 bits per heavy atom. The quantitative estimate of drug-likeness (QED) is 0.267. The van der Waals surface area contributed by atoms with E-state index in [0.29, 0.717) is 5.69 Å². The molecule has 4 aromatic rings. The fraction of sp³-hybridized carbons (Fsp3) is 0.138.